The zero-order chi connectivity index (χ0) is 29.5. The number of benzene rings is 1. The molecule has 0 aromatic heterocycles. The van der Waals surface area contributed by atoms with E-state index in [1.165, 1.54) is 30.4 Å². The minimum Gasteiger partial charge on any atom is -0.124 e. The summed E-state index contributed by atoms with van der Waals surface area (Å²) in [5.41, 5.74) is 9.62. The van der Waals surface area contributed by atoms with E-state index in [0.29, 0.717) is 0 Å². The van der Waals surface area contributed by atoms with Crippen LogP contribution in [-0.4, -0.2) is 0 Å². The molecule has 6 bridgehead atoms. The Morgan fingerprint density at radius 3 is 1.59 bits per heavy atom. The Bertz CT molecular complexity index is 1270. The van der Waals surface area contributed by atoms with Crippen molar-refractivity contribution in [2.45, 2.75) is 59.8 Å². The average Bonchev–Trinajstić information content (AvgIpc) is 3.88. The summed E-state index contributed by atoms with van der Waals surface area (Å²) in [6, 6.07) is 8.49. The Morgan fingerprint density at radius 1 is 0.610 bits per heavy atom. The van der Waals surface area contributed by atoms with E-state index in [1.54, 1.807) is 22.3 Å². The predicted molar refractivity (Wildman–Crippen MR) is 183 cm³/mol. The Kier molecular flexibility index (Phi) is 10.4. The van der Waals surface area contributed by atoms with Gasteiger partial charge in [0, 0.05) is 2.85 Å². The normalized spacial score (nSPS) is 33.5. The standard InChI is InChI=1S/C14H18.C9H12.C9H8.C5H6.2C2H2.2H2/c1-7-8(2)12-6-11(7)13-9-3-4-10(5-9)14(12)13;1-6-7(2)9-4-3-8(6)5-9;1-2-5-9-7-3-6-8(9)4-1;1-2-4-5-3-1;2*1-2;;/h3-4,9-14H,5-6H2,1-2H3;3-4,8-9H,5H2,1-2H3;1-6H,7H2;1-4H,5H2;2*1-2H;2*1H/i;;;;;;2*1+1. The number of terminal acetylenes is 2. The second-order valence-corrected chi connectivity index (χ2v) is 12.5. The first-order valence-electron chi connectivity index (χ1n) is 15.5. The van der Waals surface area contributed by atoms with E-state index in [2.05, 4.69) is 138 Å². The minimum atomic E-state index is 0. The van der Waals surface area contributed by atoms with Crippen molar-refractivity contribution in [2.24, 2.45) is 47.3 Å². The largest absolute Gasteiger partial charge is 0.124 e. The van der Waals surface area contributed by atoms with E-state index >= 15 is 0 Å². The van der Waals surface area contributed by atoms with Crippen LogP contribution < -0.4 is 0 Å². The number of allylic oxidation sites excluding steroid dienone is 13. The Labute approximate surface area is 253 Å². The third-order valence-electron chi connectivity index (χ3n) is 10.9. The van der Waals surface area contributed by atoms with E-state index in [1.807, 2.05) is 0 Å². The third kappa shape index (κ3) is 6.09. The summed E-state index contributed by atoms with van der Waals surface area (Å²) in [5.74, 6) is 7.61. The molecule has 0 heterocycles. The van der Waals surface area contributed by atoms with Crippen molar-refractivity contribution in [3.8, 4) is 25.7 Å². The molecule has 0 spiro atoms. The molecule has 8 aliphatic rings. The van der Waals surface area contributed by atoms with E-state index in [4.69, 9.17) is 0 Å². The molecule has 9 rings (SSSR count). The summed E-state index contributed by atoms with van der Waals surface area (Å²) in [6.45, 7) is 9.32. The van der Waals surface area contributed by atoms with Gasteiger partial charge in [-0.3, -0.25) is 0 Å². The fourth-order valence-corrected chi connectivity index (χ4v) is 8.65. The molecule has 0 radical (unpaired) electrons. The summed E-state index contributed by atoms with van der Waals surface area (Å²) in [7, 11) is 0. The second kappa shape index (κ2) is 13.9. The van der Waals surface area contributed by atoms with Gasteiger partial charge in [-0.2, -0.15) is 0 Å². The highest BCUT2D eigenvalue weighted by molar-refractivity contribution is 5.59. The highest BCUT2D eigenvalue weighted by Gasteiger charge is 2.59. The zero-order valence-electron chi connectivity index (χ0n) is 25.5. The molecular weight excluding hydrogens is 492 g/mol. The molecule has 2 saturated carbocycles. The minimum absolute atomic E-state index is 0. The van der Waals surface area contributed by atoms with Gasteiger partial charge in [-0.1, -0.05) is 107 Å². The van der Waals surface area contributed by atoms with Crippen molar-refractivity contribution in [3.05, 3.63) is 112 Å². The van der Waals surface area contributed by atoms with Gasteiger partial charge in [-0.05, 0) is 118 Å². The van der Waals surface area contributed by atoms with Crippen LogP contribution in [0.15, 0.2) is 101 Å². The van der Waals surface area contributed by atoms with Crippen molar-refractivity contribution < 1.29 is 2.85 Å². The summed E-state index contributed by atoms with van der Waals surface area (Å²) >= 11 is 0. The molecule has 0 aliphatic heterocycles. The van der Waals surface area contributed by atoms with Crippen LogP contribution in [-0.2, 0) is 6.42 Å². The molecular formula is C41H52. The van der Waals surface area contributed by atoms with Gasteiger partial charge in [-0.25, -0.2) is 0 Å². The van der Waals surface area contributed by atoms with Crippen LogP contribution in [0, 0.1) is 73.0 Å². The van der Waals surface area contributed by atoms with Crippen molar-refractivity contribution >= 4 is 6.08 Å². The molecule has 0 N–H and O–H groups in total. The quantitative estimate of drug-likeness (QED) is 0.172. The van der Waals surface area contributed by atoms with Crippen LogP contribution in [0.25, 0.3) is 6.08 Å². The first-order valence-corrected chi connectivity index (χ1v) is 15.5. The molecule has 1 aromatic rings. The maximum absolute atomic E-state index is 4.00. The maximum atomic E-state index is 4.00. The molecule has 1 aromatic carbocycles. The molecule has 0 amide bonds. The van der Waals surface area contributed by atoms with Gasteiger partial charge < -0.3 is 0 Å². The van der Waals surface area contributed by atoms with Gasteiger partial charge in [0.05, 0.1) is 0 Å². The van der Waals surface area contributed by atoms with Crippen LogP contribution in [0.3, 0.4) is 0 Å². The lowest BCUT2D eigenvalue weighted by Gasteiger charge is -2.33. The molecule has 8 atom stereocenters. The summed E-state index contributed by atoms with van der Waals surface area (Å²) < 4.78 is 0. The predicted octanol–water partition coefficient (Wildman–Crippen LogP) is 10.7. The summed E-state index contributed by atoms with van der Waals surface area (Å²) in [4.78, 5) is 0. The van der Waals surface area contributed by atoms with Crippen LogP contribution in [0.1, 0.15) is 67.4 Å². The monoisotopic (exact) mass is 546 g/mol. The smallest absolute Gasteiger partial charge is 0 e. The molecule has 216 valence electrons. The number of hydrogen-bond donors (Lipinski definition) is 0. The molecule has 0 nitrogen and oxygen atoms in total. The van der Waals surface area contributed by atoms with Crippen LogP contribution in [0.5, 0.6) is 0 Å². The zero-order valence-corrected chi connectivity index (χ0v) is 25.5. The molecule has 0 heteroatoms. The van der Waals surface area contributed by atoms with Gasteiger partial charge in [0.1, 0.15) is 0 Å². The van der Waals surface area contributed by atoms with Crippen molar-refractivity contribution in [1.82, 2.24) is 0 Å². The fraction of sp³-hybridized carbons (Fsp3) is 0.415. The van der Waals surface area contributed by atoms with E-state index in [-0.39, 0.29) is 2.85 Å². The van der Waals surface area contributed by atoms with Crippen LogP contribution >= 0.6 is 0 Å². The number of hydrogen-bond acceptors (Lipinski definition) is 0. The number of fused-ring (bicyclic) bond motifs is 12. The Morgan fingerprint density at radius 2 is 1.15 bits per heavy atom. The van der Waals surface area contributed by atoms with Crippen molar-refractivity contribution in [3.63, 3.8) is 0 Å². The van der Waals surface area contributed by atoms with Crippen LogP contribution in [0.2, 0.25) is 0 Å². The summed E-state index contributed by atoms with van der Waals surface area (Å²) in [5, 5.41) is 0. The Balaban J connectivity index is 0.000000199. The van der Waals surface area contributed by atoms with Gasteiger partial charge in [0.15, 0.2) is 0 Å². The number of rotatable bonds is 0. The fourth-order valence-electron chi connectivity index (χ4n) is 8.65. The van der Waals surface area contributed by atoms with Crippen LogP contribution in [0.4, 0.5) is 0 Å². The van der Waals surface area contributed by atoms with Gasteiger partial charge in [-0.15, -0.1) is 25.7 Å². The molecule has 41 heavy (non-hydrogen) atoms. The van der Waals surface area contributed by atoms with E-state index in [9.17, 15) is 0 Å². The highest BCUT2D eigenvalue weighted by atomic mass is 14.6. The summed E-state index contributed by atoms with van der Waals surface area (Å²) in [6.07, 6.45) is 45.1. The second-order valence-electron chi connectivity index (χ2n) is 12.5. The lowest BCUT2D eigenvalue weighted by atomic mass is 9.71. The molecule has 8 unspecified atom stereocenters. The van der Waals surface area contributed by atoms with E-state index in [0.717, 1.165) is 60.2 Å². The molecule has 8 aliphatic carbocycles. The first kappa shape index (κ1) is 30.5. The van der Waals surface area contributed by atoms with Crippen molar-refractivity contribution in [1.29, 1.82) is 0 Å². The SMILES string of the molecule is C#C.C#C.C1=CCC=C1.C1=Cc2ccccc2C1.CC1=C(C)C2C=CC1C2.CC1=C(C)C2CC1C1C3C=CC(C3)C21.[2HH].[2HH]. The Hall–Kier alpha value is -3.48. The van der Waals surface area contributed by atoms with Gasteiger partial charge >= 0.3 is 0 Å². The molecule has 0 saturated heterocycles. The lowest BCUT2D eigenvalue weighted by Crippen LogP contribution is -2.26. The first-order chi connectivity index (χ1) is 20.0. The topological polar surface area (TPSA) is 0 Å². The van der Waals surface area contributed by atoms with E-state index < -0.39 is 0 Å². The highest BCUT2D eigenvalue weighted by Crippen LogP contribution is 2.66. The van der Waals surface area contributed by atoms with Gasteiger partial charge in [0.25, 0.3) is 0 Å². The third-order valence-corrected chi connectivity index (χ3v) is 10.9. The average molecular weight is 547 g/mol. The van der Waals surface area contributed by atoms with Gasteiger partial charge in [0.2, 0.25) is 0 Å². The van der Waals surface area contributed by atoms with Crippen molar-refractivity contribution in [2.75, 3.05) is 0 Å². The maximum Gasteiger partial charge on any atom is 0 e. The molecule has 2 fully saturated rings. The lowest BCUT2D eigenvalue weighted by molar-refractivity contribution is 0.273.